The fraction of sp³-hybridized carbons (Fsp3) is 0.375. The summed E-state index contributed by atoms with van der Waals surface area (Å²) in [6.07, 6.45) is -4.35. The Bertz CT molecular complexity index is 1380. The standard InChI is InChI=1S/C32H36F3N5O3/c1-43-29-11-7-25(8-12-29)23-38-15-19-40(20-16-38)31(42)36-28-4-2-3-26(21-28)30(41)39-17-13-37(14-18-39)22-24-5-9-27(10-6-24)32(33,34)35/h2-12,21H,13-20,22-23H2,1H3,(H,36,42). The summed E-state index contributed by atoms with van der Waals surface area (Å²) in [5, 5.41) is 2.94. The smallest absolute Gasteiger partial charge is 0.416 e. The first-order valence-electron chi connectivity index (χ1n) is 14.4. The second kappa shape index (κ2) is 13.5. The van der Waals surface area contributed by atoms with E-state index in [0.29, 0.717) is 57.1 Å². The van der Waals surface area contributed by atoms with E-state index in [2.05, 4.69) is 27.2 Å². The minimum Gasteiger partial charge on any atom is -0.497 e. The minimum absolute atomic E-state index is 0.113. The number of ether oxygens (including phenoxy) is 1. The molecule has 0 unspecified atom stereocenters. The quantitative estimate of drug-likeness (QED) is 0.416. The lowest BCUT2D eigenvalue weighted by atomic mass is 10.1. The van der Waals surface area contributed by atoms with Crippen molar-refractivity contribution in [1.29, 1.82) is 0 Å². The molecule has 0 aromatic heterocycles. The largest absolute Gasteiger partial charge is 0.497 e. The maximum absolute atomic E-state index is 13.2. The van der Waals surface area contributed by atoms with E-state index in [9.17, 15) is 22.8 Å². The van der Waals surface area contributed by atoms with E-state index in [1.807, 2.05) is 12.1 Å². The van der Waals surface area contributed by atoms with Gasteiger partial charge in [0.15, 0.2) is 0 Å². The number of carbonyl (C=O) groups is 2. The average molecular weight is 596 g/mol. The van der Waals surface area contributed by atoms with Gasteiger partial charge in [0.05, 0.1) is 12.7 Å². The molecule has 0 aliphatic carbocycles. The van der Waals surface area contributed by atoms with Crippen LogP contribution in [0.2, 0.25) is 0 Å². The molecule has 0 atom stereocenters. The van der Waals surface area contributed by atoms with Crippen molar-refractivity contribution in [2.75, 3.05) is 64.8 Å². The lowest BCUT2D eigenvalue weighted by molar-refractivity contribution is -0.137. The molecule has 0 radical (unpaired) electrons. The number of carbonyl (C=O) groups excluding carboxylic acids is 2. The normalized spacial score (nSPS) is 16.7. The van der Waals surface area contributed by atoms with Gasteiger partial charge in [-0.05, 0) is 53.6 Å². The van der Waals surface area contributed by atoms with Crippen LogP contribution >= 0.6 is 0 Å². The molecule has 3 aromatic carbocycles. The second-order valence-corrected chi connectivity index (χ2v) is 10.9. The monoisotopic (exact) mass is 595 g/mol. The topological polar surface area (TPSA) is 68.4 Å². The third-order valence-electron chi connectivity index (χ3n) is 7.93. The molecule has 2 aliphatic rings. The van der Waals surface area contributed by atoms with Crippen molar-refractivity contribution in [1.82, 2.24) is 19.6 Å². The molecule has 2 heterocycles. The molecule has 2 fully saturated rings. The Morgan fingerprint density at radius 3 is 1.81 bits per heavy atom. The van der Waals surface area contributed by atoms with E-state index in [0.717, 1.165) is 43.1 Å². The Kier molecular flexibility index (Phi) is 9.52. The van der Waals surface area contributed by atoms with Gasteiger partial charge >= 0.3 is 12.2 Å². The first-order chi connectivity index (χ1) is 20.7. The fourth-order valence-corrected chi connectivity index (χ4v) is 5.38. The van der Waals surface area contributed by atoms with Crippen LogP contribution in [0.15, 0.2) is 72.8 Å². The van der Waals surface area contributed by atoms with E-state index in [1.165, 1.54) is 17.7 Å². The number of urea groups is 1. The van der Waals surface area contributed by atoms with E-state index >= 15 is 0 Å². The Hall–Kier alpha value is -4.09. The van der Waals surface area contributed by atoms with Crippen molar-refractivity contribution in [2.24, 2.45) is 0 Å². The number of piperazine rings is 2. The van der Waals surface area contributed by atoms with Crippen molar-refractivity contribution in [3.05, 3.63) is 95.1 Å². The van der Waals surface area contributed by atoms with Crippen LogP contribution in [-0.4, -0.2) is 91.0 Å². The Morgan fingerprint density at radius 1 is 0.744 bits per heavy atom. The minimum atomic E-state index is -4.35. The van der Waals surface area contributed by atoms with Gasteiger partial charge in [-0.1, -0.05) is 30.3 Å². The lowest BCUT2D eigenvalue weighted by Crippen LogP contribution is -2.49. The lowest BCUT2D eigenvalue weighted by Gasteiger charge is -2.35. The van der Waals surface area contributed by atoms with E-state index in [4.69, 9.17) is 4.74 Å². The predicted molar refractivity (Wildman–Crippen MR) is 158 cm³/mol. The highest BCUT2D eigenvalue weighted by molar-refractivity contribution is 5.97. The van der Waals surface area contributed by atoms with Crippen molar-refractivity contribution in [2.45, 2.75) is 19.3 Å². The molecule has 2 saturated heterocycles. The number of hydrogen-bond acceptors (Lipinski definition) is 5. The third-order valence-corrected chi connectivity index (χ3v) is 7.93. The number of alkyl halides is 3. The SMILES string of the molecule is COc1ccc(CN2CCN(C(=O)Nc3cccc(C(=O)N4CCN(Cc5ccc(C(F)(F)F)cc5)CC4)c3)CC2)cc1. The van der Waals surface area contributed by atoms with Gasteiger partial charge in [-0.15, -0.1) is 0 Å². The number of nitrogens with one attached hydrogen (secondary N) is 1. The van der Waals surface area contributed by atoms with Crippen LogP contribution in [0.5, 0.6) is 5.75 Å². The molecule has 228 valence electrons. The summed E-state index contributed by atoms with van der Waals surface area (Å²) in [5.41, 5.74) is 2.40. The van der Waals surface area contributed by atoms with E-state index < -0.39 is 11.7 Å². The first kappa shape index (κ1) is 30.4. The molecule has 0 spiro atoms. The highest BCUT2D eigenvalue weighted by Gasteiger charge is 2.30. The van der Waals surface area contributed by atoms with Crippen molar-refractivity contribution >= 4 is 17.6 Å². The highest BCUT2D eigenvalue weighted by atomic mass is 19.4. The second-order valence-electron chi connectivity index (χ2n) is 10.9. The van der Waals surface area contributed by atoms with Gasteiger partial charge in [-0.25, -0.2) is 4.79 Å². The number of methoxy groups -OCH3 is 1. The fourth-order valence-electron chi connectivity index (χ4n) is 5.38. The summed E-state index contributed by atoms with van der Waals surface area (Å²) in [5.74, 6) is 0.714. The van der Waals surface area contributed by atoms with Gasteiger partial charge in [0.25, 0.3) is 5.91 Å². The summed E-state index contributed by atoms with van der Waals surface area (Å²) in [7, 11) is 1.65. The Morgan fingerprint density at radius 2 is 1.28 bits per heavy atom. The van der Waals surface area contributed by atoms with Crippen molar-refractivity contribution in [3.8, 4) is 5.75 Å². The van der Waals surface area contributed by atoms with Crippen LogP contribution in [0.4, 0.5) is 23.7 Å². The summed E-state index contributed by atoms with van der Waals surface area (Å²) < 4.78 is 43.7. The molecular formula is C32H36F3N5O3. The average Bonchev–Trinajstić information content (AvgIpc) is 3.02. The Labute approximate surface area is 249 Å². The molecular weight excluding hydrogens is 559 g/mol. The number of nitrogens with zero attached hydrogens (tertiary/aromatic N) is 4. The third kappa shape index (κ3) is 8.05. The summed E-state index contributed by atoms with van der Waals surface area (Å²) in [4.78, 5) is 34.2. The molecule has 11 heteroatoms. The number of hydrogen-bond donors (Lipinski definition) is 1. The number of halogens is 3. The van der Waals surface area contributed by atoms with Gasteiger partial charge in [0.2, 0.25) is 0 Å². The molecule has 1 N–H and O–H groups in total. The van der Waals surface area contributed by atoms with Gasteiger partial charge in [0, 0.05) is 76.7 Å². The maximum atomic E-state index is 13.2. The molecule has 2 aliphatic heterocycles. The number of amides is 3. The molecule has 0 saturated carbocycles. The van der Waals surface area contributed by atoms with E-state index in [1.54, 1.807) is 41.2 Å². The molecule has 8 nitrogen and oxygen atoms in total. The number of rotatable bonds is 7. The Balaban J connectivity index is 1.07. The van der Waals surface area contributed by atoms with Crippen LogP contribution < -0.4 is 10.1 Å². The van der Waals surface area contributed by atoms with Crippen molar-refractivity contribution < 1.29 is 27.5 Å². The van der Waals surface area contributed by atoms with Crippen LogP contribution in [0.3, 0.4) is 0 Å². The molecule has 0 bridgehead atoms. The summed E-state index contributed by atoms with van der Waals surface area (Å²) >= 11 is 0. The predicted octanol–water partition coefficient (Wildman–Crippen LogP) is 5.02. The number of anilines is 1. The highest BCUT2D eigenvalue weighted by Crippen LogP contribution is 2.29. The van der Waals surface area contributed by atoms with Crippen LogP contribution in [-0.2, 0) is 19.3 Å². The molecule has 5 rings (SSSR count). The van der Waals surface area contributed by atoms with Gasteiger partial charge in [-0.3, -0.25) is 14.6 Å². The summed E-state index contributed by atoms with van der Waals surface area (Å²) in [6, 6.07) is 20.0. The van der Waals surface area contributed by atoms with Gasteiger partial charge < -0.3 is 19.9 Å². The van der Waals surface area contributed by atoms with Crippen LogP contribution in [0, 0.1) is 0 Å². The number of benzene rings is 3. The zero-order chi connectivity index (χ0) is 30.4. The van der Waals surface area contributed by atoms with Crippen LogP contribution in [0.1, 0.15) is 27.0 Å². The van der Waals surface area contributed by atoms with E-state index in [-0.39, 0.29) is 11.9 Å². The molecule has 3 aromatic rings. The summed E-state index contributed by atoms with van der Waals surface area (Å²) in [6.45, 7) is 6.35. The van der Waals surface area contributed by atoms with Gasteiger partial charge in [-0.2, -0.15) is 13.2 Å². The zero-order valence-corrected chi connectivity index (χ0v) is 24.1. The van der Waals surface area contributed by atoms with Gasteiger partial charge in [0.1, 0.15) is 5.75 Å². The van der Waals surface area contributed by atoms with Crippen molar-refractivity contribution in [3.63, 3.8) is 0 Å². The maximum Gasteiger partial charge on any atom is 0.416 e. The molecule has 43 heavy (non-hydrogen) atoms. The zero-order valence-electron chi connectivity index (χ0n) is 24.1. The first-order valence-corrected chi connectivity index (χ1v) is 14.4. The van der Waals surface area contributed by atoms with Crippen LogP contribution in [0.25, 0.3) is 0 Å². The molecule has 3 amide bonds.